The van der Waals surface area contributed by atoms with E-state index in [0.717, 1.165) is 52.0 Å². The maximum absolute atomic E-state index is 12.6. The number of rotatable bonds is 5. The van der Waals surface area contributed by atoms with Crippen molar-refractivity contribution in [1.29, 1.82) is 0 Å². The molecule has 0 aliphatic carbocycles. The average molecular weight is 303 g/mol. The van der Waals surface area contributed by atoms with E-state index in [4.69, 9.17) is 5.73 Å². The van der Waals surface area contributed by atoms with Crippen LogP contribution in [0.15, 0.2) is 30.3 Å². The van der Waals surface area contributed by atoms with Crippen LogP contribution >= 0.6 is 0 Å². The van der Waals surface area contributed by atoms with Gasteiger partial charge in [0.05, 0.1) is 5.54 Å². The van der Waals surface area contributed by atoms with Crippen LogP contribution in [0.4, 0.5) is 0 Å². The molecule has 1 unspecified atom stereocenters. The molecule has 1 fully saturated rings. The van der Waals surface area contributed by atoms with E-state index in [0.29, 0.717) is 0 Å². The van der Waals surface area contributed by atoms with Crippen LogP contribution in [0, 0.1) is 0 Å². The molecule has 1 aliphatic heterocycles. The largest absolute Gasteiger partial charge is 0.340 e. The van der Waals surface area contributed by atoms with Gasteiger partial charge in [-0.1, -0.05) is 43.7 Å². The Morgan fingerprint density at radius 2 is 1.91 bits per heavy atom. The normalized spacial score (nSPS) is 19.5. The van der Waals surface area contributed by atoms with Crippen molar-refractivity contribution in [1.82, 2.24) is 9.80 Å². The number of carbonyl (C=O) groups excluding carboxylic acids is 1. The number of amides is 1. The minimum Gasteiger partial charge on any atom is -0.340 e. The Balaban J connectivity index is 1.91. The van der Waals surface area contributed by atoms with Gasteiger partial charge in [-0.15, -0.1) is 0 Å². The zero-order chi connectivity index (χ0) is 16.0. The lowest BCUT2D eigenvalue weighted by atomic mass is 9.95. The predicted molar refractivity (Wildman–Crippen MR) is 90.4 cm³/mol. The van der Waals surface area contributed by atoms with Crippen molar-refractivity contribution in [3.05, 3.63) is 35.9 Å². The second kappa shape index (κ2) is 7.75. The van der Waals surface area contributed by atoms with Crippen molar-refractivity contribution >= 4 is 5.91 Å². The van der Waals surface area contributed by atoms with E-state index >= 15 is 0 Å². The Hall–Kier alpha value is -1.39. The number of nitrogens with two attached hydrogens (primary N) is 1. The van der Waals surface area contributed by atoms with Crippen LogP contribution < -0.4 is 5.73 Å². The van der Waals surface area contributed by atoms with Crippen molar-refractivity contribution in [3.63, 3.8) is 0 Å². The lowest BCUT2D eigenvalue weighted by Gasteiger charge is -2.31. The minimum atomic E-state index is -0.719. The second-order valence-corrected chi connectivity index (χ2v) is 6.57. The Morgan fingerprint density at radius 1 is 1.18 bits per heavy atom. The molecule has 4 nitrogen and oxygen atoms in total. The molecular formula is C18H29N3O. The fourth-order valence-electron chi connectivity index (χ4n) is 3.16. The fraction of sp³-hybridized carbons (Fsp3) is 0.611. The summed E-state index contributed by atoms with van der Waals surface area (Å²) in [6.07, 6.45) is 2.70. The van der Waals surface area contributed by atoms with Crippen LogP contribution in [0.5, 0.6) is 0 Å². The van der Waals surface area contributed by atoms with Gasteiger partial charge < -0.3 is 10.6 Å². The average Bonchev–Trinajstić information content (AvgIpc) is 2.73. The summed E-state index contributed by atoms with van der Waals surface area (Å²) in [6, 6.07) is 10.5. The van der Waals surface area contributed by atoms with E-state index in [9.17, 15) is 4.79 Å². The molecule has 0 bridgehead atoms. The van der Waals surface area contributed by atoms with E-state index in [1.165, 1.54) is 5.56 Å². The first-order valence-corrected chi connectivity index (χ1v) is 8.37. The minimum absolute atomic E-state index is 0.107. The standard InChI is InChI=1S/C18H29N3O/c1-3-10-18(2,19)17(22)21-12-7-11-20(13-14-21)15-16-8-5-4-6-9-16/h4-6,8-9H,3,7,10-15,19H2,1-2H3. The van der Waals surface area contributed by atoms with Crippen LogP contribution in [-0.2, 0) is 11.3 Å². The smallest absolute Gasteiger partial charge is 0.242 e. The van der Waals surface area contributed by atoms with Gasteiger partial charge in [-0.3, -0.25) is 9.69 Å². The van der Waals surface area contributed by atoms with Gasteiger partial charge in [-0.2, -0.15) is 0 Å². The molecule has 0 spiro atoms. The van der Waals surface area contributed by atoms with E-state index in [2.05, 4.69) is 36.1 Å². The summed E-state index contributed by atoms with van der Waals surface area (Å²) in [5, 5.41) is 0. The molecule has 22 heavy (non-hydrogen) atoms. The highest BCUT2D eigenvalue weighted by Gasteiger charge is 2.32. The molecule has 4 heteroatoms. The van der Waals surface area contributed by atoms with Crippen LogP contribution in [0.3, 0.4) is 0 Å². The predicted octanol–water partition coefficient (Wildman–Crippen LogP) is 2.24. The summed E-state index contributed by atoms with van der Waals surface area (Å²) in [5.74, 6) is 0.107. The Kier molecular flexibility index (Phi) is 5.98. The van der Waals surface area contributed by atoms with Crippen LogP contribution in [0.2, 0.25) is 0 Å². The second-order valence-electron chi connectivity index (χ2n) is 6.57. The van der Waals surface area contributed by atoms with Gasteiger partial charge >= 0.3 is 0 Å². The Morgan fingerprint density at radius 3 is 2.59 bits per heavy atom. The van der Waals surface area contributed by atoms with E-state index in [1.807, 2.05) is 17.9 Å². The maximum Gasteiger partial charge on any atom is 0.242 e. The van der Waals surface area contributed by atoms with Crippen LogP contribution in [0.25, 0.3) is 0 Å². The number of hydrogen-bond acceptors (Lipinski definition) is 3. The first-order chi connectivity index (χ1) is 10.5. The molecule has 0 radical (unpaired) electrons. The monoisotopic (exact) mass is 303 g/mol. The van der Waals surface area contributed by atoms with Crippen molar-refractivity contribution in [2.75, 3.05) is 26.2 Å². The topological polar surface area (TPSA) is 49.6 Å². The van der Waals surface area contributed by atoms with Crippen molar-refractivity contribution in [2.24, 2.45) is 5.73 Å². The molecule has 1 aromatic carbocycles. The first-order valence-electron chi connectivity index (χ1n) is 8.37. The van der Waals surface area contributed by atoms with E-state index < -0.39 is 5.54 Å². The van der Waals surface area contributed by atoms with E-state index in [1.54, 1.807) is 0 Å². The lowest BCUT2D eigenvalue weighted by molar-refractivity contribution is -0.136. The maximum atomic E-state index is 12.6. The van der Waals surface area contributed by atoms with Gasteiger partial charge in [0.25, 0.3) is 0 Å². The number of carbonyl (C=O) groups is 1. The van der Waals surface area contributed by atoms with Gasteiger partial charge in [0.1, 0.15) is 0 Å². The van der Waals surface area contributed by atoms with Gasteiger partial charge in [0.15, 0.2) is 0 Å². The fourth-order valence-corrected chi connectivity index (χ4v) is 3.16. The SMILES string of the molecule is CCCC(C)(N)C(=O)N1CCCN(Cc2ccccc2)CC1. The molecule has 0 aromatic heterocycles. The highest BCUT2D eigenvalue weighted by atomic mass is 16.2. The molecular weight excluding hydrogens is 274 g/mol. The summed E-state index contributed by atoms with van der Waals surface area (Å²) >= 11 is 0. The molecule has 2 rings (SSSR count). The molecule has 1 aliphatic rings. The summed E-state index contributed by atoms with van der Waals surface area (Å²) in [7, 11) is 0. The van der Waals surface area contributed by atoms with Crippen LogP contribution in [-0.4, -0.2) is 47.4 Å². The molecule has 1 atom stereocenters. The molecule has 1 heterocycles. The number of benzene rings is 1. The molecule has 1 amide bonds. The Labute approximate surface area is 134 Å². The molecule has 1 aromatic rings. The van der Waals surface area contributed by atoms with Crippen LogP contribution in [0.1, 0.15) is 38.7 Å². The summed E-state index contributed by atoms with van der Waals surface area (Å²) in [6.45, 7) is 8.45. The quantitative estimate of drug-likeness (QED) is 0.907. The molecule has 122 valence electrons. The van der Waals surface area contributed by atoms with Crippen molar-refractivity contribution in [2.45, 2.75) is 45.2 Å². The van der Waals surface area contributed by atoms with Crippen molar-refractivity contribution < 1.29 is 4.79 Å². The highest BCUT2D eigenvalue weighted by molar-refractivity contribution is 5.85. The summed E-state index contributed by atoms with van der Waals surface area (Å²) < 4.78 is 0. The van der Waals surface area contributed by atoms with Gasteiger partial charge in [-0.05, 0) is 25.3 Å². The zero-order valence-electron chi connectivity index (χ0n) is 13.9. The van der Waals surface area contributed by atoms with Crippen molar-refractivity contribution in [3.8, 4) is 0 Å². The third kappa shape index (κ3) is 4.55. The van der Waals surface area contributed by atoms with Gasteiger partial charge in [0, 0.05) is 32.7 Å². The lowest BCUT2D eigenvalue weighted by Crippen LogP contribution is -2.53. The number of nitrogens with zero attached hydrogens (tertiary/aromatic N) is 2. The molecule has 1 saturated heterocycles. The third-order valence-electron chi connectivity index (χ3n) is 4.38. The van der Waals surface area contributed by atoms with Gasteiger partial charge in [-0.25, -0.2) is 0 Å². The van der Waals surface area contributed by atoms with E-state index in [-0.39, 0.29) is 5.91 Å². The third-order valence-corrected chi connectivity index (χ3v) is 4.38. The Bertz CT molecular complexity index is 472. The van der Waals surface area contributed by atoms with Gasteiger partial charge in [0.2, 0.25) is 5.91 Å². The zero-order valence-corrected chi connectivity index (χ0v) is 13.9. The number of hydrogen-bond donors (Lipinski definition) is 1. The summed E-state index contributed by atoms with van der Waals surface area (Å²) in [5.41, 5.74) is 6.82. The highest BCUT2D eigenvalue weighted by Crippen LogP contribution is 2.15. The molecule has 2 N–H and O–H groups in total. The molecule has 0 saturated carbocycles. The summed E-state index contributed by atoms with van der Waals surface area (Å²) in [4.78, 5) is 17.0. The first kappa shape index (κ1) is 17.0.